The van der Waals surface area contributed by atoms with Crippen LogP contribution in [-0.2, 0) is 4.74 Å². The van der Waals surface area contributed by atoms with Crippen LogP contribution in [0.5, 0.6) is 0 Å². The average Bonchev–Trinajstić information content (AvgIpc) is 3.20. The fourth-order valence-corrected chi connectivity index (χ4v) is 3.58. The molecule has 1 unspecified atom stereocenters. The van der Waals surface area contributed by atoms with Gasteiger partial charge in [0.1, 0.15) is 17.2 Å². The number of nitrogens with two attached hydrogens (primary N) is 1. The number of unbranched alkanes of at least 4 members (excludes halogenated alkanes) is 2. The van der Waals surface area contributed by atoms with Crippen molar-refractivity contribution in [3.05, 3.63) is 65.9 Å². The number of anilines is 3. The third kappa shape index (κ3) is 4.24. The third-order valence-electron chi connectivity index (χ3n) is 5.21. The van der Waals surface area contributed by atoms with Crippen molar-refractivity contribution in [2.45, 2.75) is 32.5 Å². The van der Waals surface area contributed by atoms with Gasteiger partial charge in [-0.15, -0.1) is 0 Å². The molecule has 1 atom stereocenters. The summed E-state index contributed by atoms with van der Waals surface area (Å²) in [6.45, 7) is 2.74. The summed E-state index contributed by atoms with van der Waals surface area (Å²) in [5.74, 6) is 0.856. The summed E-state index contributed by atoms with van der Waals surface area (Å²) in [6.07, 6.45) is 2.66. The minimum atomic E-state index is -0.493. The van der Waals surface area contributed by atoms with Crippen LogP contribution >= 0.6 is 0 Å². The number of hydrogen-bond donors (Lipinski definition) is 3. The SMILES string of the molecule is CCCCCOC1Nc2c(C(=N)N)nc(-c3ccc(C#N)cc3)nc2N1c1ccccc1. The lowest BCUT2D eigenvalue weighted by molar-refractivity contribution is 0.0771. The second-order valence-electron chi connectivity index (χ2n) is 7.48. The Hall–Kier alpha value is -3.96. The molecule has 1 aliphatic rings. The quantitative estimate of drug-likeness (QED) is 0.277. The van der Waals surface area contributed by atoms with E-state index in [1.165, 1.54) is 0 Å². The predicted octanol–water partition coefficient (Wildman–Crippen LogP) is 4.35. The van der Waals surface area contributed by atoms with Gasteiger partial charge in [0.2, 0.25) is 6.35 Å². The number of ether oxygens (including phenoxy) is 1. The molecule has 0 spiro atoms. The van der Waals surface area contributed by atoms with Crippen LogP contribution in [0.15, 0.2) is 54.6 Å². The van der Waals surface area contributed by atoms with Crippen molar-refractivity contribution in [2.75, 3.05) is 16.8 Å². The number of para-hydroxylation sites is 1. The van der Waals surface area contributed by atoms with E-state index in [9.17, 15) is 0 Å². The normalized spacial score (nSPS) is 14.5. The number of nitrogens with zero attached hydrogens (tertiary/aromatic N) is 4. The maximum absolute atomic E-state index is 9.08. The van der Waals surface area contributed by atoms with Crippen LogP contribution in [-0.4, -0.2) is 28.8 Å². The zero-order chi connectivity index (χ0) is 22.5. The van der Waals surface area contributed by atoms with Crippen molar-refractivity contribution in [1.29, 1.82) is 10.7 Å². The Morgan fingerprint density at radius 3 is 2.56 bits per heavy atom. The van der Waals surface area contributed by atoms with Crippen molar-refractivity contribution < 1.29 is 4.74 Å². The summed E-state index contributed by atoms with van der Waals surface area (Å²) in [6, 6.07) is 18.9. The molecular weight excluding hydrogens is 402 g/mol. The van der Waals surface area contributed by atoms with Gasteiger partial charge in [0, 0.05) is 11.3 Å². The minimum absolute atomic E-state index is 0.161. The Morgan fingerprint density at radius 2 is 1.91 bits per heavy atom. The van der Waals surface area contributed by atoms with Crippen LogP contribution in [0.4, 0.5) is 17.2 Å². The van der Waals surface area contributed by atoms with Crippen LogP contribution in [0, 0.1) is 16.7 Å². The predicted molar refractivity (Wildman–Crippen MR) is 125 cm³/mol. The molecule has 3 aromatic rings. The molecule has 2 heterocycles. The Bertz CT molecular complexity index is 1140. The van der Waals surface area contributed by atoms with Crippen molar-refractivity contribution in [3.63, 3.8) is 0 Å². The lowest BCUT2D eigenvalue weighted by atomic mass is 10.1. The van der Waals surface area contributed by atoms with Gasteiger partial charge in [-0.25, -0.2) is 9.97 Å². The van der Waals surface area contributed by atoms with Gasteiger partial charge >= 0.3 is 0 Å². The Kier molecular flexibility index (Phi) is 6.29. The summed E-state index contributed by atoms with van der Waals surface area (Å²) in [7, 11) is 0. The van der Waals surface area contributed by atoms with Gasteiger partial charge in [-0.2, -0.15) is 5.26 Å². The zero-order valence-corrected chi connectivity index (χ0v) is 17.9. The molecule has 1 aromatic heterocycles. The van der Waals surface area contributed by atoms with Gasteiger partial charge in [0.05, 0.1) is 18.2 Å². The molecule has 32 heavy (non-hydrogen) atoms. The number of rotatable bonds is 8. The van der Waals surface area contributed by atoms with E-state index in [1.54, 1.807) is 24.3 Å². The van der Waals surface area contributed by atoms with E-state index in [2.05, 4.69) is 23.3 Å². The first-order chi connectivity index (χ1) is 15.6. The van der Waals surface area contributed by atoms with Crippen molar-refractivity contribution >= 4 is 23.0 Å². The summed E-state index contributed by atoms with van der Waals surface area (Å²) in [5.41, 5.74) is 8.97. The lowest BCUT2D eigenvalue weighted by Crippen LogP contribution is -2.35. The standard InChI is InChI=1S/C24H25N7O/c1-2-3-7-14-32-24-29-20-19(21(26)27)28-22(17-12-10-16(15-25)11-13-17)30-23(20)31(24)18-8-5-4-6-9-18/h4-6,8-13,24,29H,2-3,7,14H2,1H3,(H3,26,27). The molecule has 1 aliphatic heterocycles. The van der Waals surface area contributed by atoms with Gasteiger partial charge in [-0.05, 0) is 42.8 Å². The third-order valence-corrected chi connectivity index (χ3v) is 5.21. The number of nitrogens with one attached hydrogen (secondary N) is 2. The van der Waals surface area contributed by atoms with E-state index in [4.69, 9.17) is 26.1 Å². The molecule has 0 radical (unpaired) electrons. The first-order valence-electron chi connectivity index (χ1n) is 10.6. The number of amidine groups is 1. The van der Waals surface area contributed by atoms with Gasteiger partial charge in [-0.1, -0.05) is 38.0 Å². The highest BCUT2D eigenvalue weighted by atomic mass is 16.5. The molecule has 8 heteroatoms. The van der Waals surface area contributed by atoms with Crippen molar-refractivity contribution in [1.82, 2.24) is 9.97 Å². The number of benzene rings is 2. The summed E-state index contributed by atoms with van der Waals surface area (Å²) in [5, 5.41) is 20.5. The first-order valence-corrected chi connectivity index (χ1v) is 10.6. The van der Waals surface area contributed by atoms with Crippen LogP contribution < -0.4 is 16.0 Å². The molecule has 8 nitrogen and oxygen atoms in total. The number of aromatic nitrogens is 2. The van der Waals surface area contributed by atoms with Crippen LogP contribution in [0.1, 0.15) is 37.4 Å². The van der Waals surface area contributed by atoms with Crippen molar-refractivity contribution in [3.8, 4) is 17.5 Å². The van der Waals surface area contributed by atoms with Gasteiger partial charge < -0.3 is 15.8 Å². The smallest absolute Gasteiger partial charge is 0.213 e. The fourth-order valence-electron chi connectivity index (χ4n) is 3.58. The molecule has 0 fully saturated rings. The highest BCUT2D eigenvalue weighted by Crippen LogP contribution is 2.41. The summed E-state index contributed by atoms with van der Waals surface area (Å²) < 4.78 is 6.16. The highest BCUT2D eigenvalue weighted by Gasteiger charge is 2.36. The number of nitriles is 1. The first kappa shape index (κ1) is 21.3. The monoisotopic (exact) mass is 427 g/mol. The topological polar surface area (TPSA) is 124 Å². The lowest BCUT2D eigenvalue weighted by Gasteiger charge is -2.26. The van der Waals surface area contributed by atoms with E-state index in [0.29, 0.717) is 35.2 Å². The van der Waals surface area contributed by atoms with Crippen LogP contribution in [0.3, 0.4) is 0 Å². The Labute approximate surface area is 187 Å². The van der Waals surface area contributed by atoms with E-state index < -0.39 is 6.35 Å². The molecule has 2 aromatic carbocycles. The molecule has 0 saturated carbocycles. The maximum Gasteiger partial charge on any atom is 0.213 e. The van der Waals surface area contributed by atoms with Gasteiger partial charge in [0.25, 0.3) is 0 Å². The minimum Gasteiger partial charge on any atom is -0.382 e. The molecular formula is C24H25N7O. The number of fused-ring (bicyclic) bond motifs is 1. The van der Waals surface area contributed by atoms with Crippen LogP contribution in [0.2, 0.25) is 0 Å². The van der Waals surface area contributed by atoms with E-state index >= 15 is 0 Å². The Morgan fingerprint density at radius 1 is 1.16 bits per heavy atom. The number of hydrogen-bond acceptors (Lipinski definition) is 7. The van der Waals surface area contributed by atoms with E-state index in [1.807, 2.05) is 35.2 Å². The van der Waals surface area contributed by atoms with Crippen LogP contribution in [0.25, 0.3) is 11.4 Å². The van der Waals surface area contributed by atoms with Crippen molar-refractivity contribution in [2.24, 2.45) is 5.73 Å². The maximum atomic E-state index is 9.08. The second-order valence-corrected chi connectivity index (χ2v) is 7.48. The molecule has 0 bridgehead atoms. The molecule has 0 saturated heterocycles. The largest absolute Gasteiger partial charge is 0.382 e. The summed E-state index contributed by atoms with van der Waals surface area (Å²) in [4.78, 5) is 11.3. The van der Waals surface area contributed by atoms with Gasteiger partial charge in [-0.3, -0.25) is 10.3 Å². The molecule has 0 aliphatic carbocycles. The summed E-state index contributed by atoms with van der Waals surface area (Å²) >= 11 is 0. The van der Waals surface area contributed by atoms with E-state index in [-0.39, 0.29) is 5.84 Å². The molecule has 4 rings (SSSR count). The van der Waals surface area contributed by atoms with Gasteiger partial charge in [0.15, 0.2) is 11.6 Å². The average molecular weight is 428 g/mol. The Balaban J connectivity index is 1.79. The molecule has 162 valence electrons. The van der Waals surface area contributed by atoms with E-state index in [0.717, 1.165) is 30.5 Å². The zero-order valence-electron chi connectivity index (χ0n) is 17.9. The molecule has 4 N–H and O–H groups in total. The second kappa shape index (κ2) is 9.45. The highest BCUT2D eigenvalue weighted by molar-refractivity contribution is 6.03. The number of nitrogen functional groups attached to an aromatic ring is 1. The molecule has 0 amide bonds. The fraction of sp³-hybridized carbons (Fsp3) is 0.250.